The normalized spacial score (nSPS) is 12.0. The molecule has 0 aromatic heterocycles. The van der Waals surface area contributed by atoms with Crippen molar-refractivity contribution in [2.45, 2.75) is 52.6 Å². The van der Waals surface area contributed by atoms with Crippen LogP contribution in [-0.2, 0) is 9.47 Å². The molecular formula is C9H19O2. The smallest absolute Gasteiger partial charge is 0.158 e. The molecule has 2 heteroatoms. The third-order valence-corrected chi connectivity index (χ3v) is 1.08. The highest BCUT2D eigenvalue weighted by atomic mass is 16.7. The van der Waals surface area contributed by atoms with E-state index in [1.54, 1.807) is 0 Å². The Kier molecular flexibility index (Phi) is 5.51. The molecule has 0 rings (SSSR count). The quantitative estimate of drug-likeness (QED) is 0.573. The van der Waals surface area contributed by atoms with E-state index in [9.17, 15) is 0 Å². The van der Waals surface area contributed by atoms with Crippen molar-refractivity contribution in [2.75, 3.05) is 0 Å². The Morgan fingerprint density at radius 3 is 1.55 bits per heavy atom. The Morgan fingerprint density at radius 2 is 1.36 bits per heavy atom. The molecule has 0 aromatic carbocycles. The molecule has 0 bridgehead atoms. The Labute approximate surface area is 69.9 Å². The maximum atomic E-state index is 5.43. The number of hydrogen-bond donors (Lipinski definition) is 0. The van der Waals surface area contributed by atoms with E-state index >= 15 is 0 Å². The first-order valence-corrected chi connectivity index (χ1v) is 4.16. The maximum Gasteiger partial charge on any atom is 0.158 e. The molecule has 67 valence electrons. The van der Waals surface area contributed by atoms with Gasteiger partial charge in [0.25, 0.3) is 0 Å². The topological polar surface area (TPSA) is 18.5 Å². The van der Waals surface area contributed by atoms with Crippen LogP contribution in [-0.4, -0.2) is 18.5 Å². The van der Waals surface area contributed by atoms with Crippen molar-refractivity contribution in [3.63, 3.8) is 0 Å². The van der Waals surface area contributed by atoms with Gasteiger partial charge in [0.15, 0.2) is 6.29 Å². The minimum absolute atomic E-state index is 0.144. The van der Waals surface area contributed by atoms with Gasteiger partial charge in [-0.25, -0.2) is 0 Å². The molecule has 1 radical (unpaired) electrons. The van der Waals surface area contributed by atoms with Gasteiger partial charge >= 0.3 is 0 Å². The third kappa shape index (κ3) is 6.32. The number of ether oxygens (including phenoxy) is 2. The van der Waals surface area contributed by atoms with Crippen LogP contribution in [0.25, 0.3) is 0 Å². The van der Waals surface area contributed by atoms with Crippen LogP contribution >= 0.6 is 0 Å². The largest absolute Gasteiger partial charge is 0.350 e. The van der Waals surface area contributed by atoms with E-state index in [2.05, 4.69) is 6.92 Å². The summed E-state index contributed by atoms with van der Waals surface area (Å²) in [5.41, 5.74) is 0. The van der Waals surface area contributed by atoms with Crippen LogP contribution in [0.15, 0.2) is 0 Å². The molecule has 0 fully saturated rings. The molecule has 0 saturated carbocycles. The van der Waals surface area contributed by atoms with Crippen molar-refractivity contribution in [1.29, 1.82) is 0 Å². The number of hydrogen-bond acceptors (Lipinski definition) is 2. The van der Waals surface area contributed by atoms with Crippen LogP contribution in [0.1, 0.15) is 34.1 Å². The zero-order valence-electron chi connectivity index (χ0n) is 7.96. The van der Waals surface area contributed by atoms with E-state index < -0.39 is 0 Å². The summed E-state index contributed by atoms with van der Waals surface area (Å²) < 4.78 is 10.9. The van der Waals surface area contributed by atoms with Crippen LogP contribution in [0.2, 0.25) is 0 Å². The van der Waals surface area contributed by atoms with E-state index in [1.807, 2.05) is 27.7 Å². The average Bonchev–Trinajstić information content (AvgIpc) is 1.84. The summed E-state index contributed by atoms with van der Waals surface area (Å²) in [4.78, 5) is 0. The van der Waals surface area contributed by atoms with Gasteiger partial charge in [0, 0.05) is 0 Å². The zero-order valence-corrected chi connectivity index (χ0v) is 7.96. The molecule has 0 aliphatic rings. The van der Waals surface area contributed by atoms with E-state index in [1.165, 1.54) is 0 Å². The minimum Gasteiger partial charge on any atom is -0.350 e. The average molecular weight is 159 g/mol. The summed E-state index contributed by atoms with van der Waals surface area (Å²) in [5.74, 6) is 0. The summed E-state index contributed by atoms with van der Waals surface area (Å²) in [6.45, 7) is 11.7. The van der Waals surface area contributed by atoms with Gasteiger partial charge < -0.3 is 9.47 Å². The SMILES string of the molecule is [CH2]CC(OC(C)C)OC(C)C. The zero-order chi connectivity index (χ0) is 8.85. The van der Waals surface area contributed by atoms with Crippen molar-refractivity contribution in [3.8, 4) is 0 Å². The molecule has 2 nitrogen and oxygen atoms in total. The molecule has 0 unspecified atom stereocenters. The van der Waals surface area contributed by atoms with Gasteiger partial charge in [-0.1, -0.05) is 0 Å². The van der Waals surface area contributed by atoms with Crippen molar-refractivity contribution < 1.29 is 9.47 Å². The summed E-state index contributed by atoms with van der Waals surface area (Å²) >= 11 is 0. The van der Waals surface area contributed by atoms with E-state index in [4.69, 9.17) is 9.47 Å². The molecular weight excluding hydrogens is 140 g/mol. The molecule has 0 spiro atoms. The second-order valence-electron chi connectivity index (χ2n) is 3.09. The molecule has 0 aromatic rings. The van der Waals surface area contributed by atoms with Gasteiger partial charge in [0.05, 0.1) is 12.2 Å². The van der Waals surface area contributed by atoms with Crippen molar-refractivity contribution >= 4 is 0 Å². The monoisotopic (exact) mass is 159 g/mol. The molecule has 0 N–H and O–H groups in total. The van der Waals surface area contributed by atoms with E-state index in [0.29, 0.717) is 6.42 Å². The molecule has 0 atom stereocenters. The third-order valence-electron chi connectivity index (χ3n) is 1.08. The lowest BCUT2D eigenvalue weighted by atomic mass is 10.4. The van der Waals surface area contributed by atoms with Crippen LogP contribution in [0.3, 0.4) is 0 Å². The molecule has 0 aliphatic heterocycles. The lowest BCUT2D eigenvalue weighted by Gasteiger charge is -2.21. The molecule has 0 heterocycles. The van der Waals surface area contributed by atoms with Crippen LogP contribution in [0, 0.1) is 6.92 Å². The highest BCUT2D eigenvalue weighted by Crippen LogP contribution is 2.06. The number of rotatable bonds is 5. The molecule has 0 amide bonds. The maximum absolute atomic E-state index is 5.43. The van der Waals surface area contributed by atoms with Crippen molar-refractivity contribution in [2.24, 2.45) is 0 Å². The van der Waals surface area contributed by atoms with Gasteiger partial charge in [0.2, 0.25) is 0 Å². The van der Waals surface area contributed by atoms with Crippen LogP contribution in [0.5, 0.6) is 0 Å². The van der Waals surface area contributed by atoms with Gasteiger partial charge in [-0.15, -0.1) is 0 Å². The Hall–Kier alpha value is -0.0800. The van der Waals surface area contributed by atoms with E-state index in [-0.39, 0.29) is 18.5 Å². The second-order valence-corrected chi connectivity index (χ2v) is 3.09. The lowest BCUT2D eigenvalue weighted by Crippen LogP contribution is -2.23. The Bertz CT molecular complexity index is 79.6. The molecule has 11 heavy (non-hydrogen) atoms. The van der Waals surface area contributed by atoms with Gasteiger partial charge in [-0.05, 0) is 41.0 Å². The fourth-order valence-electron chi connectivity index (χ4n) is 0.775. The van der Waals surface area contributed by atoms with E-state index in [0.717, 1.165) is 0 Å². The second kappa shape index (κ2) is 5.56. The highest BCUT2D eigenvalue weighted by Gasteiger charge is 2.09. The van der Waals surface area contributed by atoms with Crippen LogP contribution < -0.4 is 0 Å². The Balaban J connectivity index is 3.58. The fraction of sp³-hybridized carbons (Fsp3) is 0.889. The first-order chi connectivity index (χ1) is 5.06. The molecule has 0 aliphatic carbocycles. The van der Waals surface area contributed by atoms with Gasteiger partial charge in [-0.2, -0.15) is 0 Å². The van der Waals surface area contributed by atoms with Crippen molar-refractivity contribution in [3.05, 3.63) is 6.92 Å². The Morgan fingerprint density at radius 1 is 1.00 bits per heavy atom. The lowest BCUT2D eigenvalue weighted by molar-refractivity contribution is -0.178. The predicted molar refractivity (Wildman–Crippen MR) is 46.2 cm³/mol. The van der Waals surface area contributed by atoms with Gasteiger partial charge in [-0.3, -0.25) is 0 Å². The fourth-order valence-corrected chi connectivity index (χ4v) is 0.775. The summed E-state index contributed by atoms with van der Waals surface area (Å²) in [5, 5.41) is 0. The highest BCUT2D eigenvalue weighted by molar-refractivity contribution is 4.51. The van der Waals surface area contributed by atoms with Crippen molar-refractivity contribution in [1.82, 2.24) is 0 Å². The predicted octanol–water partition coefficient (Wildman–Crippen LogP) is 2.39. The first-order valence-electron chi connectivity index (χ1n) is 4.16. The first kappa shape index (κ1) is 10.9. The summed E-state index contributed by atoms with van der Waals surface area (Å²) in [7, 11) is 0. The minimum atomic E-state index is -0.144. The van der Waals surface area contributed by atoms with Gasteiger partial charge in [0.1, 0.15) is 0 Å². The molecule has 0 saturated heterocycles. The summed E-state index contributed by atoms with van der Waals surface area (Å²) in [6.07, 6.45) is 0.937. The summed E-state index contributed by atoms with van der Waals surface area (Å²) in [6, 6.07) is 0. The standard InChI is InChI=1S/C9H19O2/c1-6-9(10-7(2)3)11-8(4)5/h7-9H,1,6H2,2-5H3. The van der Waals surface area contributed by atoms with Crippen LogP contribution in [0.4, 0.5) is 0 Å².